The van der Waals surface area contributed by atoms with Crippen molar-refractivity contribution in [2.75, 3.05) is 0 Å². The second-order valence-electron chi connectivity index (χ2n) is 4.64. The largest absolute Gasteiger partial charge is 0.416 e. The Balaban J connectivity index is 1.96. The van der Waals surface area contributed by atoms with E-state index in [4.69, 9.17) is 0 Å². The summed E-state index contributed by atoms with van der Waals surface area (Å²) in [4.78, 5) is 0. The van der Waals surface area contributed by atoms with Crippen molar-refractivity contribution in [3.05, 3.63) is 47.3 Å². The van der Waals surface area contributed by atoms with Crippen molar-refractivity contribution in [2.45, 2.75) is 25.1 Å². The second kappa shape index (κ2) is 5.62. The molecular weight excluding hydrogens is 271 g/mol. The Kier molecular flexibility index (Phi) is 4.08. The third kappa shape index (κ3) is 3.80. The highest BCUT2D eigenvalue weighted by Crippen LogP contribution is 2.29. The van der Waals surface area contributed by atoms with Gasteiger partial charge < -0.3 is 5.11 Å². The van der Waals surface area contributed by atoms with Gasteiger partial charge in [-0.05, 0) is 24.1 Å². The van der Waals surface area contributed by atoms with Crippen LogP contribution in [0.15, 0.2) is 30.5 Å². The first-order valence-corrected chi connectivity index (χ1v) is 6.04. The van der Waals surface area contributed by atoms with Gasteiger partial charge in [-0.25, -0.2) is 0 Å². The number of aromatic nitrogens is 3. The standard InChI is InChI=1S/C13H14F3N3O/c1-19-8-11(17-18-19)7-12(20)6-9-2-4-10(5-3-9)13(14,15)16/h2-5,8,12,20H,6-7H2,1H3. The molecule has 1 atom stereocenters. The van der Waals surface area contributed by atoms with Crippen LogP contribution < -0.4 is 0 Å². The Morgan fingerprint density at radius 2 is 1.85 bits per heavy atom. The number of aliphatic hydroxyl groups is 1. The Bertz CT molecular complexity index is 563. The number of halogens is 3. The first kappa shape index (κ1) is 14.5. The molecule has 2 rings (SSSR count). The first-order valence-electron chi connectivity index (χ1n) is 6.04. The Morgan fingerprint density at radius 1 is 1.20 bits per heavy atom. The number of nitrogens with zero attached hydrogens (tertiary/aromatic N) is 3. The van der Waals surface area contributed by atoms with E-state index in [-0.39, 0.29) is 6.42 Å². The van der Waals surface area contributed by atoms with E-state index in [0.29, 0.717) is 17.7 Å². The van der Waals surface area contributed by atoms with E-state index in [0.717, 1.165) is 12.1 Å². The van der Waals surface area contributed by atoms with Crippen LogP contribution in [0.4, 0.5) is 13.2 Å². The Hall–Kier alpha value is -1.89. The molecule has 20 heavy (non-hydrogen) atoms. The topological polar surface area (TPSA) is 50.9 Å². The number of rotatable bonds is 4. The lowest BCUT2D eigenvalue weighted by molar-refractivity contribution is -0.137. The van der Waals surface area contributed by atoms with Gasteiger partial charge in [-0.1, -0.05) is 17.3 Å². The molecule has 0 spiro atoms. The number of aryl methyl sites for hydroxylation is 1. The monoisotopic (exact) mass is 285 g/mol. The lowest BCUT2D eigenvalue weighted by atomic mass is 10.0. The van der Waals surface area contributed by atoms with Crippen molar-refractivity contribution >= 4 is 0 Å². The van der Waals surface area contributed by atoms with E-state index < -0.39 is 17.8 Å². The average Bonchev–Trinajstić information content (AvgIpc) is 2.74. The Labute approximate surface area is 113 Å². The number of aliphatic hydroxyl groups excluding tert-OH is 1. The fraction of sp³-hybridized carbons (Fsp3) is 0.385. The van der Waals surface area contributed by atoms with Gasteiger partial charge in [0.15, 0.2) is 0 Å². The predicted octanol–water partition coefficient (Wildman–Crippen LogP) is 1.98. The Morgan fingerprint density at radius 3 is 2.35 bits per heavy atom. The molecule has 1 heterocycles. The number of benzene rings is 1. The minimum absolute atomic E-state index is 0.273. The van der Waals surface area contributed by atoms with E-state index in [2.05, 4.69) is 10.3 Å². The van der Waals surface area contributed by atoms with Crippen LogP contribution >= 0.6 is 0 Å². The van der Waals surface area contributed by atoms with Crippen LogP contribution in [0.5, 0.6) is 0 Å². The van der Waals surface area contributed by atoms with Gasteiger partial charge >= 0.3 is 6.18 Å². The minimum Gasteiger partial charge on any atom is -0.392 e. The highest BCUT2D eigenvalue weighted by molar-refractivity contribution is 5.25. The van der Waals surface area contributed by atoms with Gasteiger partial charge in [0.05, 0.1) is 17.4 Å². The molecule has 0 saturated carbocycles. The summed E-state index contributed by atoms with van der Waals surface area (Å²) in [6.45, 7) is 0. The maximum atomic E-state index is 12.4. The van der Waals surface area contributed by atoms with Gasteiger partial charge in [0.25, 0.3) is 0 Å². The minimum atomic E-state index is -4.34. The van der Waals surface area contributed by atoms with Gasteiger partial charge in [0.1, 0.15) is 0 Å². The van der Waals surface area contributed by atoms with Gasteiger partial charge in [-0.15, -0.1) is 5.10 Å². The van der Waals surface area contributed by atoms with Crippen molar-refractivity contribution in [1.82, 2.24) is 15.0 Å². The van der Waals surface area contributed by atoms with Crippen LogP contribution in [0, 0.1) is 0 Å². The van der Waals surface area contributed by atoms with Crippen LogP contribution in [0.1, 0.15) is 16.8 Å². The number of hydrogen-bond acceptors (Lipinski definition) is 3. The zero-order chi connectivity index (χ0) is 14.8. The summed E-state index contributed by atoms with van der Waals surface area (Å²) >= 11 is 0. The molecule has 108 valence electrons. The van der Waals surface area contributed by atoms with Gasteiger partial charge in [0.2, 0.25) is 0 Å². The van der Waals surface area contributed by atoms with Crippen molar-refractivity contribution < 1.29 is 18.3 Å². The lowest BCUT2D eigenvalue weighted by Crippen LogP contribution is -2.14. The molecule has 7 heteroatoms. The third-order valence-electron chi connectivity index (χ3n) is 2.85. The summed E-state index contributed by atoms with van der Waals surface area (Å²) in [5.74, 6) is 0. The fourth-order valence-electron chi connectivity index (χ4n) is 1.90. The van der Waals surface area contributed by atoms with Gasteiger partial charge in [-0.3, -0.25) is 4.68 Å². The molecule has 2 aromatic rings. The van der Waals surface area contributed by atoms with Crippen LogP contribution in [-0.2, 0) is 26.1 Å². The zero-order valence-corrected chi connectivity index (χ0v) is 10.8. The first-order chi connectivity index (χ1) is 9.34. The molecular formula is C13H14F3N3O. The lowest BCUT2D eigenvalue weighted by Gasteiger charge is -2.10. The molecule has 0 bridgehead atoms. The smallest absolute Gasteiger partial charge is 0.392 e. The highest BCUT2D eigenvalue weighted by Gasteiger charge is 2.29. The van der Waals surface area contributed by atoms with E-state index in [9.17, 15) is 18.3 Å². The van der Waals surface area contributed by atoms with E-state index in [1.807, 2.05) is 0 Å². The number of hydrogen-bond donors (Lipinski definition) is 1. The zero-order valence-electron chi connectivity index (χ0n) is 10.8. The van der Waals surface area contributed by atoms with Crippen molar-refractivity contribution in [2.24, 2.45) is 7.05 Å². The summed E-state index contributed by atoms with van der Waals surface area (Å²) in [7, 11) is 1.72. The summed E-state index contributed by atoms with van der Waals surface area (Å²) in [5, 5.41) is 17.5. The van der Waals surface area contributed by atoms with E-state index >= 15 is 0 Å². The maximum absolute atomic E-state index is 12.4. The van der Waals surface area contributed by atoms with Crippen LogP contribution in [0.3, 0.4) is 0 Å². The molecule has 1 N–H and O–H groups in total. The molecule has 0 aliphatic rings. The SMILES string of the molecule is Cn1cc(CC(O)Cc2ccc(C(F)(F)F)cc2)nn1. The van der Waals surface area contributed by atoms with Gasteiger partial charge in [-0.2, -0.15) is 13.2 Å². The molecule has 1 aromatic heterocycles. The fourth-order valence-corrected chi connectivity index (χ4v) is 1.90. The van der Waals surface area contributed by atoms with Crippen molar-refractivity contribution in [3.63, 3.8) is 0 Å². The number of alkyl halides is 3. The van der Waals surface area contributed by atoms with Crippen LogP contribution in [-0.4, -0.2) is 26.2 Å². The predicted molar refractivity (Wildman–Crippen MR) is 65.9 cm³/mol. The molecule has 0 aliphatic carbocycles. The molecule has 0 radical (unpaired) electrons. The second-order valence-corrected chi connectivity index (χ2v) is 4.64. The summed E-state index contributed by atoms with van der Waals surface area (Å²) in [6.07, 6.45) is -2.76. The van der Waals surface area contributed by atoms with Crippen molar-refractivity contribution in [3.8, 4) is 0 Å². The molecule has 0 saturated heterocycles. The average molecular weight is 285 g/mol. The molecule has 1 aromatic carbocycles. The normalized spacial score (nSPS) is 13.4. The molecule has 0 fully saturated rings. The molecule has 0 aliphatic heterocycles. The summed E-state index contributed by atoms with van der Waals surface area (Å²) in [5.41, 5.74) is 0.603. The summed E-state index contributed by atoms with van der Waals surface area (Å²) < 4.78 is 38.7. The third-order valence-corrected chi connectivity index (χ3v) is 2.85. The van der Waals surface area contributed by atoms with E-state index in [1.165, 1.54) is 16.8 Å². The quantitative estimate of drug-likeness (QED) is 0.934. The van der Waals surface area contributed by atoms with E-state index in [1.54, 1.807) is 13.2 Å². The molecule has 1 unspecified atom stereocenters. The van der Waals surface area contributed by atoms with Crippen LogP contribution in [0.25, 0.3) is 0 Å². The van der Waals surface area contributed by atoms with Crippen molar-refractivity contribution in [1.29, 1.82) is 0 Å². The summed E-state index contributed by atoms with van der Waals surface area (Å²) in [6, 6.07) is 4.79. The van der Waals surface area contributed by atoms with Gasteiger partial charge in [0, 0.05) is 19.7 Å². The van der Waals surface area contributed by atoms with Crippen LogP contribution in [0.2, 0.25) is 0 Å². The molecule has 4 nitrogen and oxygen atoms in total. The maximum Gasteiger partial charge on any atom is 0.416 e. The highest BCUT2D eigenvalue weighted by atomic mass is 19.4. The molecule has 0 amide bonds.